The number of nitrogens with one attached hydrogen (secondary N) is 1. The van der Waals surface area contributed by atoms with E-state index < -0.39 is 0 Å². The summed E-state index contributed by atoms with van der Waals surface area (Å²) in [5.74, 6) is 0.977. The van der Waals surface area contributed by atoms with Crippen LogP contribution in [0.5, 0.6) is 0 Å². The van der Waals surface area contributed by atoms with Gasteiger partial charge in [-0.1, -0.05) is 26.0 Å². The van der Waals surface area contributed by atoms with E-state index in [-0.39, 0.29) is 17.8 Å². The summed E-state index contributed by atoms with van der Waals surface area (Å²) in [6.45, 7) is 5.76. The van der Waals surface area contributed by atoms with Crippen molar-refractivity contribution in [3.63, 3.8) is 0 Å². The van der Waals surface area contributed by atoms with Gasteiger partial charge in [-0.3, -0.25) is 4.90 Å². The lowest BCUT2D eigenvalue weighted by Gasteiger charge is -2.35. The maximum absolute atomic E-state index is 13.4. The minimum Gasteiger partial charge on any atom is -0.448 e. The molecule has 1 atom stereocenters. The number of oxazole rings is 1. The topological polar surface area (TPSA) is 58.0 Å². The van der Waals surface area contributed by atoms with Crippen LogP contribution in [0, 0.1) is 5.82 Å². The molecular formula is C19H21FN4O. The van der Waals surface area contributed by atoms with Crippen molar-refractivity contribution in [1.82, 2.24) is 19.9 Å². The molecule has 1 aromatic carbocycles. The second-order valence-corrected chi connectivity index (χ2v) is 6.76. The summed E-state index contributed by atoms with van der Waals surface area (Å²) >= 11 is 0. The molecule has 0 saturated carbocycles. The minimum atomic E-state index is -0.230. The molecule has 6 heteroatoms. The van der Waals surface area contributed by atoms with Crippen molar-refractivity contribution in [3.05, 3.63) is 71.2 Å². The van der Waals surface area contributed by atoms with Crippen LogP contribution in [0.25, 0.3) is 0 Å². The number of benzene rings is 1. The Bertz CT molecular complexity index is 852. The van der Waals surface area contributed by atoms with Crippen molar-refractivity contribution >= 4 is 0 Å². The SMILES string of the molecule is CC(C)c1ocnc1CN1CCc2[nH]cnc2C1c1ccc(F)cc1. The molecule has 3 aromatic rings. The van der Waals surface area contributed by atoms with Gasteiger partial charge in [0, 0.05) is 31.1 Å². The van der Waals surface area contributed by atoms with Gasteiger partial charge in [-0.05, 0) is 17.7 Å². The highest BCUT2D eigenvalue weighted by Crippen LogP contribution is 2.35. The predicted molar refractivity (Wildman–Crippen MR) is 91.5 cm³/mol. The fourth-order valence-corrected chi connectivity index (χ4v) is 3.57. The largest absolute Gasteiger partial charge is 0.448 e. The Morgan fingerprint density at radius 1 is 1.28 bits per heavy atom. The molecule has 1 aliphatic rings. The molecule has 1 N–H and O–H groups in total. The molecule has 1 unspecified atom stereocenters. The molecule has 4 rings (SSSR count). The normalized spacial score (nSPS) is 17.8. The van der Waals surface area contributed by atoms with Crippen molar-refractivity contribution in [2.75, 3.05) is 6.54 Å². The minimum absolute atomic E-state index is 0.0210. The van der Waals surface area contributed by atoms with E-state index in [0.29, 0.717) is 6.54 Å². The molecular weight excluding hydrogens is 319 g/mol. The van der Waals surface area contributed by atoms with Crippen LogP contribution in [0.1, 0.15) is 54.2 Å². The molecule has 3 heterocycles. The van der Waals surface area contributed by atoms with Gasteiger partial charge in [0.05, 0.1) is 23.8 Å². The van der Waals surface area contributed by atoms with Gasteiger partial charge in [0.1, 0.15) is 11.6 Å². The zero-order chi connectivity index (χ0) is 17.4. The van der Waals surface area contributed by atoms with E-state index in [0.717, 1.165) is 41.4 Å². The molecule has 0 radical (unpaired) electrons. The highest BCUT2D eigenvalue weighted by atomic mass is 19.1. The smallest absolute Gasteiger partial charge is 0.181 e. The Morgan fingerprint density at radius 2 is 2.08 bits per heavy atom. The highest BCUT2D eigenvalue weighted by molar-refractivity contribution is 5.33. The molecule has 0 amide bonds. The Hall–Kier alpha value is -2.47. The molecule has 0 spiro atoms. The van der Waals surface area contributed by atoms with Crippen LogP contribution in [-0.2, 0) is 13.0 Å². The first kappa shape index (κ1) is 16.0. The molecule has 0 fully saturated rings. The van der Waals surface area contributed by atoms with Crippen LogP contribution in [0.15, 0.2) is 41.4 Å². The third-order valence-electron chi connectivity index (χ3n) is 4.76. The van der Waals surface area contributed by atoms with Crippen molar-refractivity contribution in [3.8, 4) is 0 Å². The number of nitrogens with zero attached hydrogens (tertiary/aromatic N) is 3. The lowest BCUT2D eigenvalue weighted by Crippen LogP contribution is -2.36. The molecule has 130 valence electrons. The van der Waals surface area contributed by atoms with E-state index in [1.807, 2.05) is 12.1 Å². The predicted octanol–water partition coefficient (Wildman–Crippen LogP) is 3.81. The fourth-order valence-electron chi connectivity index (χ4n) is 3.57. The molecule has 0 aliphatic carbocycles. The van der Waals surface area contributed by atoms with Crippen LogP contribution >= 0.6 is 0 Å². The van der Waals surface area contributed by atoms with Gasteiger partial charge in [0.15, 0.2) is 6.39 Å². The first-order valence-corrected chi connectivity index (χ1v) is 8.57. The number of aromatic amines is 1. The number of imidazole rings is 1. The average molecular weight is 340 g/mol. The van der Waals surface area contributed by atoms with E-state index in [1.165, 1.54) is 18.5 Å². The summed E-state index contributed by atoms with van der Waals surface area (Å²) in [6.07, 6.45) is 4.16. The van der Waals surface area contributed by atoms with Gasteiger partial charge in [0.2, 0.25) is 0 Å². The molecule has 25 heavy (non-hydrogen) atoms. The number of aromatic nitrogens is 3. The van der Waals surface area contributed by atoms with Gasteiger partial charge in [-0.25, -0.2) is 14.4 Å². The maximum atomic E-state index is 13.4. The standard InChI is InChI=1S/C19H21FN4O/c1-12(2)19-16(23-11-25-19)9-24-8-7-15-17(22-10-21-15)18(24)13-3-5-14(20)6-4-13/h3-6,10-12,18H,7-9H2,1-2H3,(H,21,22). The molecule has 0 bridgehead atoms. The lowest BCUT2D eigenvalue weighted by atomic mass is 9.95. The molecule has 1 aliphatic heterocycles. The van der Waals surface area contributed by atoms with E-state index in [4.69, 9.17) is 4.42 Å². The second kappa shape index (κ2) is 6.44. The third kappa shape index (κ3) is 2.98. The summed E-state index contributed by atoms with van der Waals surface area (Å²) < 4.78 is 18.9. The lowest BCUT2D eigenvalue weighted by molar-refractivity contribution is 0.196. The van der Waals surface area contributed by atoms with E-state index in [2.05, 4.69) is 33.7 Å². The van der Waals surface area contributed by atoms with Crippen molar-refractivity contribution in [1.29, 1.82) is 0 Å². The fraction of sp³-hybridized carbons (Fsp3) is 0.368. The van der Waals surface area contributed by atoms with E-state index >= 15 is 0 Å². The highest BCUT2D eigenvalue weighted by Gasteiger charge is 2.32. The maximum Gasteiger partial charge on any atom is 0.181 e. The zero-order valence-electron chi connectivity index (χ0n) is 14.4. The summed E-state index contributed by atoms with van der Waals surface area (Å²) in [4.78, 5) is 14.5. The van der Waals surface area contributed by atoms with Crippen LogP contribution in [0.4, 0.5) is 4.39 Å². The summed E-state index contributed by atoms with van der Waals surface area (Å²) in [7, 11) is 0. The second-order valence-electron chi connectivity index (χ2n) is 6.76. The number of halogens is 1. The van der Waals surface area contributed by atoms with Crippen LogP contribution < -0.4 is 0 Å². The van der Waals surface area contributed by atoms with Gasteiger partial charge in [0.25, 0.3) is 0 Å². The summed E-state index contributed by atoms with van der Waals surface area (Å²) in [5, 5.41) is 0. The number of H-pyrrole nitrogens is 1. The van der Waals surface area contributed by atoms with E-state index in [1.54, 1.807) is 6.33 Å². The third-order valence-corrected chi connectivity index (χ3v) is 4.76. The number of rotatable bonds is 4. The van der Waals surface area contributed by atoms with Crippen LogP contribution in [0.2, 0.25) is 0 Å². The van der Waals surface area contributed by atoms with Crippen LogP contribution in [0.3, 0.4) is 0 Å². The Kier molecular flexibility index (Phi) is 4.13. The number of hydrogen-bond donors (Lipinski definition) is 1. The van der Waals surface area contributed by atoms with Gasteiger partial charge >= 0.3 is 0 Å². The molecule has 5 nitrogen and oxygen atoms in total. The monoisotopic (exact) mass is 340 g/mol. The van der Waals surface area contributed by atoms with E-state index in [9.17, 15) is 4.39 Å². The Balaban J connectivity index is 1.70. The van der Waals surface area contributed by atoms with Crippen LogP contribution in [-0.4, -0.2) is 26.4 Å². The van der Waals surface area contributed by atoms with Gasteiger partial charge in [-0.2, -0.15) is 0 Å². The van der Waals surface area contributed by atoms with Gasteiger partial charge in [-0.15, -0.1) is 0 Å². The van der Waals surface area contributed by atoms with Gasteiger partial charge < -0.3 is 9.40 Å². The first-order chi connectivity index (χ1) is 12.1. The Morgan fingerprint density at radius 3 is 2.84 bits per heavy atom. The number of fused-ring (bicyclic) bond motifs is 1. The number of hydrogen-bond acceptors (Lipinski definition) is 4. The first-order valence-electron chi connectivity index (χ1n) is 8.57. The average Bonchev–Trinajstić information content (AvgIpc) is 3.24. The zero-order valence-corrected chi connectivity index (χ0v) is 14.4. The summed E-state index contributed by atoms with van der Waals surface area (Å²) in [5.41, 5.74) is 4.15. The van der Waals surface area contributed by atoms with Crippen molar-refractivity contribution in [2.24, 2.45) is 0 Å². The van der Waals surface area contributed by atoms with Crippen molar-refractivity contribution in [2.45, 2.75) is 38.8 Å². The molecule has 2 aromatic heterocycles. The quantitative estimate of drug-likeness (QED) is 0.785. The molecule has 0 saturated heterocycles. The Labute approximate surface area is 145 Å². The van der Waals surface area contributed by atoms with Crippen molar-refractivity contribution < 1.29 is 8.81 Å². The summed E-state index contributed by atoms with van der Waals surface area (Å²) in [6, 6.07) is 6.66.